The van der Waals surface area contributed by atoms with Gasteiger partial charge in [-0.3, -0.25) is 8.75 Å². The van der Waals surface area contributed by atoms with Gasteiger partial charge in [-0.05, 0) is 25.7 Å². The van der Waals surface area contributed by atoms with Crippen molar-refractivity contribution in [2.75, 3.05) is 0 Å². The van der Waals surface area contributed by atoms with Crippen LogP contribution in [0.1, 0.15) is 88.0 Å². The van der Waals surface area contributed by atoms with Crippen LogP contribution >= 0.6 is 23.9 Å². The summed E-state index contributed by atoms with van der Waals surface area (Å²) in [4.78, 5) is 13.5. The highest BCUT2D eigenvalue weighted by molar-refractivity contribution is 7.06. The lowest BCUT2D eigenvalue weighted by Crippen LogP contribution is -2.16. The Kier molecular flexibility index (Phi) is 10.1. The molecular formula is C18H32ClNOS. The van der Waals surface area contributed by atoms with Crippen molar-refractivity contribution < 1.29 is 0 Å². The lowest BCUT2D eigenvalue weighted by Gasteiger charge is -2.03. The highest BCUT2D eigenvalue weighted by Gasteiger charge is 2.19. The van der Waals surface area contributed by atoms with Gasteiger partial charge in [-0.2, -0.15) is 0 Å². The van der Waals surface area contributed by atoms with Crippen LogP contribution in [-0.2, 0) is 19.4 Å². The molecule has 0 aliphatic heterocycles. The van der Waals surface area contributed by atoms with Crippen LogP contribution in [-0.4, -0.2) is 3.96 Å². The topological polar surface area (TPSA) is 22.0 Å². The molecule has 0 unspecified atom stereocenters. The molecule has 1 aromatic heterocycles. The Morgan fingerprint density at radius 2 is 1.50 bits per heavy atom. The van der Waals surface area contributed by atoms with Gasteiger partial charge >= 0.3 is 0 Å². The van der Waals surface area contributed by atoms with E-state index in [1.165, 1.54) is 75.5 Å². The minimum Gasteiger partial charge on any atom is -0.268 e. The third-order valence-corrected chi connectivity index (χ3v) is 5.83. The van der Waals surface area contributed by atoms with E-state index < -0.39 is 0 Å². The minimum atomic E-state index is 0. The lowest BCUT2D eigenvalue weighted by molar-refractivity contribution is 0.540. The Bertz CT molecular complexity index is 466. The minimum absolute atomic E-state index is 0. The Morgan fingerprint density at radius 1 is 0.909 bits per heavy atom. The number of hydrogen-bond donors (Lipinski definition) is 0. The van der Waals surface area contributed by atoms with Gasteiger partial charge < -0.3 is 0 Å². The molecule has 2 nitrogen and oxygen atoms in total. The molecule has 0 bridgehead atoms. The molecule has 0 saturated heterocycles. The maximum absolute atomic E-state index is 12.1. The van der Waals surface area contributed by atoms with Crippen molar-refractivity contribution in [2.24, 2.45) is 0 Å². The van der Waals surface area contributed by atoms with E-state index in [2.05, 4.69) is 6.92 Å². The zero-order chi connectivity index (χ0) is 14.9. The van der Waals surface area contributed by atoms with Gasteiger partial charge in [-0.15, -0.1) is 12.4 Å². The Balaban J connectivity index is 0.00000242. The summed E-state index contributed by atoms with van der Waals surface area (Å²) < 4.78 is 2.01. The maximum atomic E-state index is 12.1. The van der Waals surface area contributed by atoms with Gasteiger partial charge in [-0.1, -0.05) is 76.2 Å². The molecule has 0 saturated carbocycles. The summed E-state index contributed by atoms with van der Waals surface area (Å²) in [7, 11) is 0. The molecule has 0 aromatic carbocycles. The van der Waals surface area contributed by atoms with Gasteiger partial charge in [-0.25, -0.2) is 0 Å². The summed E-state index contributed by atoms with van der Waals surface area (Å²) in [5.74, 6) is 0. The summed E-state index contributed by atoms with van der Waals surface area (Å²) in [6.45, 7) is 3.22. The summed E-state index contributed by atoms with van der Waals surface area (Å²) in [5, 5.41) is 0. The SMILES string of the molecule is CCCCCCCCCCCCn1sc2c(c1=O)CCC2.Cl. The van der Waals surface area contributed by atoms with Gasteiger partial charge in [0.1, 0.15) is 0 Å². The first-order valence-electron chi connectivity index (χ1n) is 9.04. The number of unbranched alkanes of at least 4 members (excludes halogenated alkanes) is 9. The second-order valence-corrected chi connectivity index (χ2v) is 7.55. The zero-order valence-electron chi connectivity index (χ0n) is 14.1. The molecule has 1 aromatic rings. The molecule has 0 N–H and O–H groups in total. The van der Waals surface area contributed by atoms with Crippen LogP contribution in [0.4, 0.5) is 0 Å². The van der Waals surface area contributed by atoms with E-state index >= 15 is 0 Å². The third kappa shape index (κ3) is 6.08. The van der Waals surface area contributed by atoms with Crippen molar-refractivity contribution in [1.29, 1.82) is 0 Å². The Hall–Kier alpha value is -0.280. The number of aromatic nitrogens is 1. The van der Waals surface area contributed by atoms with Crippen molar-refractivity contribution in [3.63, 3.8) is 0 Å². The van der Waals surface area contributed by atoms with E-state index in [4.69, 9.17) is 0 Å². The molecule has 0 spiro atoms. The first-order chi connectivity index (χ1) is 10.3. The third-order valence-electron chi connectivity index (χ3n) is 4.59. The van der Waals surface area contributed by atoms with Crippen LogP contribution in [0.25, 0.3) is 0 Å². The monoisotopic (exact) mass is 345 g/mol. The van der Waals surface area contributed by atoms with Crippen LogP contribution < -0.4 is 5.56 Å². The molecule has 0 radical (unpaired) electrons. The summed E-state index contributed by atoms with van der Waals surface area (Å²) in [6, 6.07) is 0. The first kappa shape index (κ1) is 19.8. The molecule has 0 fully saturated rings. The van der Waals surface area contributed by atoms with Crippen LogP contribution in [0.3, 0.4) is 0 Å². The van der Waals surface area contributed by atoms with Crippen molar-refractivity contribution in [2.45, 2.75) is 96.9 Å². The Labute approximate surface area is 145 Å². The van der Waals surface area contributed by atoms with Gasteiger partial charge in [0.05, 0.1) is 0 Å². The largest absolute Gasteiger partial charge is 0.268 e. The average molecular weight is 346 g/mol. The molecule has 0 atom stereocenters. The fraction of sp³-hybridized carbons (Fsp3) is 0.833. The van der Waals surface area contributed by atoms with Gasteiger partial charge in [0.25, 0.3) is 5.56 Å². The fourth-order valence-corrected chi connectivity index (χ4v) is 4.47. The van der Waals surface area contributed by atoms with E-state index in [0.29, 0.717) is 5.56 Å². The Morgan fingerprint density at radius 3 is 2.09 bits per heavy atom. The molecule has 1 aliphatic carbocycles. The highest BCUT2D eigenvalue weighted by Crippen LogP contribution is 2.23. The van der Waals surface area contributed by atoms with Gasteiger partial charge in [0.15, 0.2) is 0 Å². The second kappa shape index (κ2) is 11.3. The number of hydrogen-bond acceptors (Lipinski definition) is 2. The molecule has 1 aliphatic rings. The van der Waals surface area contributed by atoms with E-state index in [0.717, 1.165) is 24.9 Å². The van der Waals surface area contributed by atoms with Crippen molar-refractivity contribution in [3.8, 4) is 0 Å². The smallest absolute Gasteiger partial charge is 0.264 e. The average Bonchev–Trinajstić information content (AvgIpc) is 3.05. The summed E-state index contributed by atoms with van der Waals surface area (Å²) in [6.07, 6.45) is 16.9. The van der Waals surface area contributed by atoms with E-state index in [1.807, 2.05) is 3.96 Å². The summed E-state index contributed by atoms with van der Waals surface area (Å²) >= 11 is 1.73. The zero-order valence-corrected chi connectivity index (χ0v) is 15.7. The number of nitrogens with zero attached hydrogens (tertiary/aromatic N) is 1. The summed E-state index contributed by atoms with van der Waals surface area (Å²) in [5.41, 5.74) is 1.45. The van der Waals surface area contributed by atoms with Crippen molar-refractivity contribution in [1.82, 2.24) is 3.96 Å². The van der Waals surface area contributed by atoms with Crippen molar-refractivity contribution in [3.05, 3.63) is 20.8 Å². The molecular weight excluding hydrogens is 314 g/mol. The van der Waals surface area contributed by atoms with Crippen LogP contribution in [0.2, 0.25) is 0 Å². The molecule has 2 rings (SSSR count). The van der Waals surface area contributed by atoms with Crippen LogP contribution in [0, 0.1) is 0 Å². The van der Waals surface area contributed by atoms with Gasteiger partial charge in [0, 0.05) is 17.0 Å². The first-order valence-corrected chi connectivity index (χ1v) is 9.82. The standard InChI is InChI=1S/C18H31NOS.ClH/c1-2-3-4-5-6-7-8-9-10-11-15-19-18(20)16-13-12-14-17(16)21-19;/h2-15H2,1H3;1H. The molecule has 0 amide bonds. The second-order valence-electron chi connectivity index (χ2n) is 6.44. The molecule has 4 heteroatoms. The predicted molar refractivity (Wildman–Crippen MR) is 99.7 cm³/mol. The van der Waals surface area contributed by atoms with Gasteiger partial charge in [0.2, 0.25) is 0 Å². The fourth-order valence-electron chi connectivity index (χ4n) is 3.26. The number of rotatable bonds is 11. The van der Waals surface area contributed by atoms with E-state index in [1.54, 1.807) is 11.5 Å². The molecule has 22 heavy (non-hydrogen) atoms. The normalized spacial score (nSPS) is 13.1. The van der Waals surface area contributed by atoms with Crippen LogP contribution in [0.5, 0.6) is 0 Å². The van der Waals surface area contributed by atoms with Crippen molar-refractivity contribution >= 4 is 23.9 Å². The maximum Gasteiger partial charge on any atom is 0.264 e. The predicted octanol–water partition coefficient (Wildman–Crippen LogP) is 5.74. The number of fused-ring (bicyclic) bond motifs is 1. The number of halogens is 1. The lowest BCUT2D eigenvalue weighted by atomic mass is 10.1. The highest BCUT2D eigenvalue weighted by atomic mass is 35.5. The molecule has 128 valence electrons. The van der Waals surface area contributed by atoms with E-state index in [9.17, 15) is 4.79 Å². The number of aryl methyl sites for hydroxylation is 2. The quantitative estimate of drug-likeness (QED) is 0.468. The molecule has 1 heterocycles. The van der Waals surface area contributed by atoms with Crippen LogP contribution in [0.15, 0.2) is 4.79 Å². The van der Waals surface area contributed by atoms with E-state index in [-0.39, 0.29) is 12.4 Å².